The van der Waals surface area contributed by atoms with Gasteiger partial charge in [-0.3, -0.25) is 9.59 Å². The second-order valence-corrected chi connectivity index (χ2v) is 7.25. The quantitative estimate of drug-likeness (QED) is 0.613. The Labute approximate surface area is 154 Å². The molecule has 3 rings (SSSR count). The molecule has 0 bridgehead atoms. The van der Waals surface area contributed by atoms with Crippen LogP contribution in [-0.2, 0) is 10.4 Å². The Kier molecular flexibility index (Phi) is 4.62. The van der Waals surface area contributed by atoms with Gasteiger partial charge in [-0.1, -0.05) is 58.4 Å². The molecule has 0 saturated carbocycles. The van der Waals surface area contributed by atoms with E-state index in [-0.39, 0.29) is 12.2 Å². The summed E-state index contributed by atoms with van der Waals surface area (Å²) >= 11 is 3.33. The van der Waals surface area contributed by atoms with E-state index < -0.39 is 11.5 Å². The van der Waals surface area contributed by atoms with Crippen molar-refractivity contribution in [1.82, 2.24) is 0 Å². The third kappa shape index (κ3) is 3.17. The molecule has 1 N–H and O–H groups in total. The van der Waals surface area contributed by atoms with Gasteiger partial charge in [-0.2, -0.15) is 0 Å². The summed E-state index contributed by atoms with van der Waals surface area (Å²) in [5.74, 6) is -0.766. The van der Waals surface area contributed by atoms with Gasteiger partial charge in [0, 0.05) is 22.1 Å². The Bertz CT molecular complexity index is 859. The number of para-hydroxylation sites is 1. The minimum absolute atomic E-state index is 0.282. The van der Waals surface area contributed by atoms with Crippen LogP contribution in [0.1, 0.15) is 29.3 Å². The van der Waals surface area contributed by atoms with Crippen molar-refractivity contribution in [3.8, 4) is 0 Å². The molecule has 0 aromatic heterocycles. The Morgan fingerprint density at radius 3 is 2.48 bits per heavy atom. The SMILES string of the molecule is C=C(C)CN1C(=O)[C@@](O)(CC(=O)c2ccc(Br)cc2)c2ccccc21. The zero-order valence-electron chi connectivity index (χ0n) is 13.8. The maximum atomic E-state index is 12.9. The Balaban J connectivity index is 1.96. The van der Waals surface area contributed by atoms with Crippen molar-refractivity contribution in [2.45, 2.75) is 18.9 Å². The maximum Gasteiger partial charge on any atom is 0.264 e. The lowest BCUT2D eigenvalue weighted by molar-refractivity contribution is -0.135. The van der Waals surface area contributed by atoms with Crippen LogP contribution >= 0.6 is 15.9 Å². The van der Waals surface area contributed by atoms with Gasteiger partial charge in [-0.15, -0.1) is 0 Å². The van der Waals surface area contributed by atoms with Gasteiger partial charge >= 0.3 is 0 Å². The molecule has 1 heterocycles. The highest BCUT2D eigenvalue weighted by Crippen LogP contribution is 2.43. The van der Waals surface area contributed by atoms with E-state index in [9.17, 15) is 14.7 Å². The molecule has 1 aliphatic heterocycles. The molecule has 2 aromatic rings. The van der Waals surface area contributed by atoms with Crippen LogP contribution in [0.15, 0.2) is 65.2 Å². The summed E-state index contributed by atoms with van der Waals surface area (Å²) in [6, 6.07) is 13.9. The van der Waals surface area contributed by atoms with Crippen LogP contribution < -0.4 is 4.90 Å². The molecule has 1 amide bonds. The lowest BCUT2D eigenvalue weighted by atomic mass is 9.88. The maximum absolute atomic E-state index is 12.9. The number of anilines is 1. The highest BCUT2D eigenvalue weighted by Gasteiger charge is 2.50. The molecular formula is C20H18BrNO3. The van der Waals surface area contributed by atoms with Gasteiger partial charge in [0.15, 0.2) is 11.4 Å². The number of hydrogen-bond acceptors (Lipinski definition) is 3. The monoisotopic (exact) mass is 399 g/mol. The fraction of sp³-hybridized carbons (Fsp3) is 0.200. The first kappa shape index (κ1) is 17.6. The summed E-state index contributed by atoms with van der Waals surface area (Å²) in [6.45, 7) is 5.97. The number of ketones is 1. The van der Waals surface area contributed by atoms with Crippen LogP contribution in [0.5, 0.6) is 0 Å². The summed E-state index contributed by atoms with van der Waals surface area (Å²) in [5.41, 5.74) is 0.496. The number of rotatable bonds is 5. The molecule has 1 atom stereocenters. The molecule has 0 aliphatic carbocycles. The molecule has 0 spiro atoms. The van der Waals surface area contributed by atoms with E-state index in [1.54, 1.807) is 48.5 Å². The van der Waals surface area contributed by atoms with Crippen LogP contribution in [0.25, 0.3) is 0 Å². The van der Waals surface area contributed by atoms with Crippen molar-refractivity contribution in [3.63, 3.8) is 0 Å². The number of aliphatic hydroxyl groups is 1. The summed E-state index contributed by atoms with van der Waals surface area (Å²) in [4.78, 5) is 27.0. The van der Waals surface area contributed by atoms with Crippen molar-refractivity contribution < 1.29 is 14.7 Å². The smallest absolute Gasteiger partial charge is 0.264 e. The van der Waals surface area contributed by atoms with Gasteiger partial charge in [0.25, 0.3) is 5.91 Å². The first-order valence-corrected chi connectivity index (χ1v) is 8.69. The summed E-state index contributed by atoms with van der Waals surface area (Å²) in [5, 5.41) is 11.1. The first-order chi connectivity index (χ1) is 11.8. The van der Waals surface area contributed by atoms with Crippen LogP contribution in [-0.4, -0.2) is 23.3 Å². The first-order valence-electron chi connectivity index (χ1n) is 7.90. The topological polar surface area (TPSA) is 57.6 Å². The predicted octanol–water partition coefficient (Wildman–Crippen LogP) is 3.83. The number of amides is 1. The summed E-state index contributed by atoms with van der Waals surface area (Å²) in [6.07, 6.45) is -0.294. The van der Waals surface area contributed by atoms with E-state index >= 15 is 0 Å². The number of nitrogens with zero attached hydrogens (tertiary/aromatic N) is 1. The zero-order chi connectivity index (χ0) is 18.2. The van der Waals surface area contributed by atoms with Crippen molar-refractivity contribution in [2.24, 2.45) is 0 Å². The Hall–Kier alpha value is -2.24. The van der Waals surface area contributed by atoms with E-state index in [4.69, 9.17) is 0 Å². The molecule has 5 heteroatoms. The van der Waals surface area contributed by atoms with E-state index in [1.807, 2.05) is 6.92 Å². The molecule has 4 nitrogen and oxygen atoms in total. The molecular weight excluding hydrogens is 382 g/mol. The van der Waals surface area contributed by atoms with Crippen molar-refractivity contribution >= 4 is 33.3 Å². The fourth-order valence-electron chi connectivity index (χ4n) is 3.07. The number of carbonyl (C=O) groups is 2. The lowest BCUT2D eigenvalue weighted by Gasteiger charge is -2.23. The lowest BCUT2D eigenvalue weighted by Crippen LogP contribution is -2.42. The highest BCUT2D eigenvalue weighted by atomic mass is 79.9. The van der Waals surface area contributed by atoms with Gasteiger partial charge in [-0.25, -0.2) is 0 Å². The number of Topliss-reactive ketones (excluding diaryl/α,β-unsaturated/α-hetero) is 1. The minimum Gasteiger partial charge on any atom is -0.375 e. The van der Waals surface area contributed by atoms with Gasteiger partial charge < -0.3 is 10.0 Å². The minimum atomic E-state index is -1.85. The third-order valence-corrected chi connectivity index (χ3v) is 4.78. The Morgan fingerprint density at radius 1 is 1.20 bits per heavy atom. The van der Waals surface area contributed by atoms with Gasteiger partial charge in [0.05, 0.1) is 12.1 Å². The second kappa shape index (κ2) is 6.58. The molecule has 0 fully saturated rings. The zero-order valence-corrected chi connectivity index (χ0v) is 15.4. The second-order valence-electron chi connectivity index (χ2n) is 6.33. The number of halogens is 1. The average molecular weight is 400 g/mol. The van der Waals surface area contributed by atoms with Crippen molar-refractivity contribution in [3.05, 3.63) is 76.3 Å². The van der Waals surface area contributed by atoms with Crippen LogP contribution in [0.2, 0.25) is 0 Å². The molecule has 2 aromatic carbocycles. The van der Waals surface area contributed by atoms with Crippen LogP contribution in [0.4, 0.5) is 5.69 Å². The van der Waals surface area contributed by atoms with Gasteiger partial charge in [0.1, 0.15) is 0 Å². The van der Waals surface area contributed by atoms with E-state index in [2.05, 4.69) is 22.5 Å². The van der Waals surface area contributed by atoms with Crippen molar-refractivity contribution in [1.29, 1.82) is 0 Å². The van der Waals surface area contributed by atoms with E-state index in [1.165, 1.54) is 4.90 Å². The average Bonchev–Trinajstić information content (AvgIpc) is 2.77. The van der Waals surface area contributed by atoms with E-state index in [0.29, 0.717) is 23.4 Å². The number of carbonyl (C=O) groups excluding carboxylic acids is 2. The molecule has 0 radical (unpaired) electrons. The number of hydrogen-bond donors (Lipinski definition) is 1. The van der Waals surface area contributed by atoms with E-state index in [0.717, 1.165) is 10.0 Å². The molecule has 1 aliphatic rings. The molecule has 0 saturated heterocycles. The van der Waals surface area contributed by atoms with Crippen molar-refractivity contribution in [2.75, 3.05) is 11.4 Å². The number of fused-ring (bicyclic) bond motifs is 1. The molecule has 128 valence electrons. The molecule has 25 heavy (non-hydrogen) atoms. The van der Waals surface area contributed by atoms with Crippen LogP contribution in [0.3, 0.4) is 0 Å². The largest absolute Gasteiger partial charge is 0.375 e. The Morgan fingerprint density at radius 2 is 1.84 bits per heavy atom. The van der Waals surface area contributed by atoms with Gasteiger partial charge in [-0.05, 0) is 25.1 Å². The summed E-state index contributed by atoms with van der Waals surface area (Å²) < 4.78 is 0.859. The molecule has 0 unspecified atom stereocenters. The summed E-state index contributed by atoms with van der Waals surface area (Å²) in [7, 11) is 0. The normalized spacial score (nSPS) is 19.0. The number of benzene rings is 2. The standard InChI is InChI=1S/C20H18BrNO3/c1-13(2)12-22-17-6-4-3-5-16(17)20(25,19(22)24)11-18(23)14-7-9-15(21)10-8-14/h3-10,25H,1,11-12H2,2H3/t20-/m1/s1. The van der Waals surface area contributed by atoms with Crippen LogP contribution in [0, 0.1) is 0 Å². The highest BCUT2D eigenvalue weighted by molar-refractivity contribution is 9.10. The third-order valence-electron chi connectivity index (χ3n) is 4.25. The predicted molar refractivity (Wildman–Crippen MR) is 101 cm³/mol. The fourth-order valence-corrected chi connectivity index (χ4v) is 3.34. The van der Waals surface area contributed by atoms with Gasteiger partial charge in [0.2, 0.25) is 0 Å².